The van der Waals surface area contributed by atoms with E-state index in [2.05, 4.69) is 15.0 Å². The quantitative estimate of drug-likeness (QED) is 0.862. The average molecular weight is 324 g/mol. The smallest absolute Gasteiger partial charge is 0.337 e. The van der Waals surface area contributed by atoms with E-state index in [9.17, 15) is 9.59 Å². The van der Waals surface area contributed by atoms with Crippen LogP contribution in [-0.2, 0) is 9.53 Å². The highest BCUT2D eigenvalue weighted by Gasteiger charge is 2.13. The number of amides is 1. The topological polar surface area (TPSA) is 67.8 Å². The molecule has 21 heavy (non-hydrogen) atoms. The first kappa shape index (κ1) is 15.9. The van der Waals surface area contributed by atoms with E-state index < -0.39 is 5.97 Å². The van der Waals surface area contributed by atoms with Gasteiger partial charge in [0.2, 0.25) is 5.91 Å². The third-order valence-corrected chi connectivity index (χ3v) is 5.07. The number of anilines is 1. The number of ether oxygens (including phenoxy) is 1. The predicted octanol–water partition coefficient (Wildman–Crippen LogP) is 2.56. The van der Waals surface area contributed by atoms with Gasteiger partial charge >= 0.3 is 5.97 Å². The van der Waals surface area contributed by atoms with E-state index in [0.717, 1.165) is 22.2 Å². The van der Waals surface area contributed by atoms with Crippen molar-refractivity contribution < 1.29 is 14.3 Å². The van der Waals surface area contributed by atoms with Gasteiger partial charge in [-0.3, -0.25) is 9.79 Å². The highest BCUT2D eigenvalue weighted by Crippen LogP contribution is 2.23. The van der Waals surface area contributed by atoms with Gasteiger partial charge in [0.25, 0.3) is 0 Å². The van der Waals surface area contributed by atoms with Crippen LogP contribution in [0.1, 0.15) is 15.9 Å². The molecule has 0 saturated carbocycles. The van der Waals surface area contributed by atoms with Crippen molar-refractivity contribution in [1.29, 1.82) is 0 Å². The van der Waals surface area contributed by atoms with Crippen LogP contribution in [0.5, 0.6) is 0 Å². The molecule has 1 heterocycles. The van der Waals surface area contributed by atoms with Gasteiger partial charge in [-0.25, -0.2) is 4.79 Å². The Morgan fingerprint density at radius 1 is 1.48 bits per heavy atom. The minimum absolute atomic E-state index is 0.111. The molecule has 1 aliphatic heterocycles. The van der Waals surface area contributed by atoms with Gasteiger partial charge in [0.05, 0.1) is 25.0 Å². The Morgan fingerprint density at radius 2 is 2.29 bits per heavy atom. The summed E-state index contributed by atoms with van der Waals surface area (Å²) < 4.78 is 5.64. The van der Waals surface area contributed by atoms with Crippen molar-refractivity contribution in [1.82, 2.24) is 0 Å². The number of esters is 1. The molecule has 0 spiro atoms. The molecule has 0 fully saturated rings. The van der Waals surface area contributed by atoms with Gasteiger partial charge in [0.15, 0.2) is 0 Å². The van der Waals surface area contributed by atoms with Crippen LogP contribution < -0.4 is 5.32 Å². The van der Waals surface area contributed by atoms with Crippen LogP contribution in [0.25, 0.3) is 0 Å². The number of nitrogens with zero attached hydrogens (tertiary/aromatic N) is 1. The van der Waals surface area contributed by atoms with Crippen molar-refractivity contribution >= 4 is 45.5 Å². The highest BCUT2D eigenvalue weighted by molar-refractivity contribution is 8.39. The lowest BCUT2D eigenvalue weighted by molar-refractivity contribution is -0.113. The van der Waals surface area contributed by atoms with E-state index in [1.54, 1.807) is 30.0 Å². The number of carbonyl (C=O) groups is 2. The molecular formula is C14H16N2O3S2. The van der Waals surface area contributed by atoms with Crippen LogP contribution in [0.2, 0.25) is 0 Å². The van der Waals surface area contributed by atoms with Crippen molar-refractivity contribution in [2.75, 3.05) is 30.5 Å². The van der Waals surface area contributed by atoms with Crippen molar-refractivity contribution in [3.63, 3.8) is 0 Å². The molecule has 5 nitrogen and oxygen atoms in total. The van der Waals surface area contributed by atoms with Gasteiger partial charge in [-0.1, -0.05) is 29.6 Å². The summed E-state index contributed by atoms with van der Waals surface area (Å²) in [4.78, 5) is 27.7. The molecule has 1 aromatic carbocycles. The number of hydrogen-bond donors (Lipinski definition) is 1. The summed E-state index contributed by atoms with van der Waals surface area (Å²) in [6, 6.07) is 5.09. The summed E-state index contributed by atoms with van der Waals surface area (Å²) in [5.41, 5.74) is 1.94. The zero-order valence-corrected chi connectivity index (χ0v) is 13.5. The van der Waals surface area contributed by atoms with Gasteiger partial charge < -0.3 is 10.1 Å². The first-order valence-corrected chi connectivity index (χ1v) is 8.36. The van der Waals surface area contributed by atoms with Crippen LogP contribution in [0.3, 0.4) is 0 Å². The Balaban J connectivity index is 1.97. The molecule has 1 aromatic rings. The first-order valence-electron chi connectivity index (χ1n) is 6.39. The second-order valence-electron chi connectivity index (χ2n) is 4.35. The third-order valence-electron chi connectivity index (χ3n) is 2.82. The maximum atomic E-state index is 12.0. The van der Waals surface area contributed by atoms with Gasteiger partial charge in [0.1, 0.15) is 4.38 Å². The van der Waals surface area contributed by atoms with Gasteiger partial charge in [0, 0.05) is 11.4 Å². The first-order chi connectivity index (χ1) is 10.1. The van der Waals surface area contributed by atoms with E-state index in [-0.39, 0.29) is 5.91 Å². The van der Waals surface area contributed by atoms with Crippen LogP contribution >= 0.6 is 23.5 Å². The molecule has 112 valence electrons. The maximum absolute atomic E-state index is 12.0. The molecule has 7 heteroatoms. The summed E-state index contributed by atoms with van der Waals surface area (Å²) in [6.07, 6.45) is 0. The molecule has 0 aliphatic carbocycles. The zero-order valence-electron chi connectivity index (χ0n) is 11.8. The van der Waals surface area contributed by atoms with Crippen LogP contribution in [-0.4, -0.2) is 41.4 Å². The number of carbonyl (C=O) groups excluding carboxylic acids is 2. The average Bonchev–Trinajstić information content (AvgIpc) is 3.00. The summed E-state index contributed by atoms with van der Waals surface area (Å²) >= 11 is 3.12. The van der Waals surface area contributed by atoms with E-state index in [1.165, 1.54) is 18.9 Å². The molecule has 1 amide bonds. The Kier molecular flexibility index (Phi) is 5.69. The monoisotopic (exact) mass is 324 g/mol. The number of rotatable bonds is 4. The molecule has 1 aliphatic rings. The van der Waals surface area contributed by atoms with Crippen molar-refractivity contribution in [2.45, 2.75) is 6.92 Å². The fourth-order valence-corrected chi connectivity index (χ4v) is 3.53. The van der Waals surface area contributed by atoms with E-state index in [1.807, 2.05) is 6.92 Å². The summed E-state index contributed by atoms with van der Waals surface area (Å²) in [5.74, 6) is 0.773. The third kappa shape index (κ3) is 4.50. The standard InChI is InChI=1S/C14H16N2O3S2/c1-9-3-4-10(13(18)19-2)7-11(9)16-12(17)8-21-14-15-5-6-20-14/h3-4,7H,5-6,8H2,1-2H3,(H,16,17). The molecule has 2 rings (SSSR count). The molecule has 0 radical (unpaired) electrons. The maximum Gasteiger partial charge on any atom is 0.337 e. The summed E-state index contributed by atoms with van der Waals surface area (Å²) in [7, 11) is 1.33. The molecular weight excluding hydrogens is 308 g/mol. The predicted molar refractivity (Wildman–Crippen MR) is 88.4 cm³/mol. The largest absolute Gasteiger partial charge is 0.465 e. The SMILES string of the molecule is COC(=O)c1ccc(C)c(NC(=O)CSC2=NCCS2)c1. The van der Waals surface area contributed by atoms with Crippen LogP contribution in [0.4, 0.5) is 5.69 Å². The second kappa shape index (κ2) is 7.51. The Labute approximate surface area is 131 Å². The minimum atomic E-state index is -0.420. The number of aryl methyl sites for hydroxylation is 1. The zero-order chi connectivity index (χ0) is 15.2. The fraction of sp³-hybridized carbons (Fsp3) is 0.357. The number of benzene rings is 1. The normalized spacial score (nSPS) is 13.7. The van der Waals surface area contributed by atoms with Crippen LogP contribution in [0, 0.1) is 6.92 Å². The Bertz CT molecular complexity index is 588. The number of thioether (sulfide) groups is 2. The van der Waals surface area contributed by atoms with E-state index >= 15 is 0 Å². The lowest BCUT2D eigenvalue weighted by Gasteiger charge is -2.09. The van der Waals surface area contributed by atoms with E-state index in [0.29, 0.717) is 17.0 Å². The lowest BCUT2D eigenvalue weighted by atomic mass is 10.1. The second-order valence-corrected chi connectivity index (χ2v) is 6.66. The number of aliphatic imine (C=N–C) groups is 1. The molecule has 0 aromatic heterocycles. The van der Waals surface area contributed by atoms with E-state index in [4.69, 9.17) is 0 Å². The molecule has 0 bridgehead atoms. The minimum Gasteiger partial charge on any atom is -0.465 e. The molecule has 0 atom stereocenters. The highest BCUT2D eigenvalue weighted by atomic mass is 32.2. The Morgan fingerprint density at radius 3 is 2.95 bits per heavy atom. The van der Waals surface area contributed by atoms with Crippen molar-refractivity contribution in [3.05, 3.63) is 29.3 Å². The molecule has 0 saturated heterocycles. The summed E-state index contributed by atoms with van der Waals surface area (Å²) in [6.45, 7) is 2.70. The Hall–Kier alpha value is -1.47. The number of methoxy groups -OCH3 is 1. The number of nitrogens with one attached hydrogen (secondary N) is 1. The van der Waals surface area contributed by atoms with Gasteiger partial charge in [-0.2, -0.15) is 0 Å². The van der Waals surface area contributed by atoms with Crippen molar-refractivity contribution in [3.8, 4) is 0 Å². The fourth-order valence-electron chi connectivity index (χ4n) is 1.72. The van der Waals surface area contributed by atoms with Gasteiger partial charge in [-0.05, 0) is 24.6 Å². The lowest BCUT2D eigenvalue weighted by Crippen LogP contribution is -2.16. The molecule has 1 N–H and O–H groups in total. The molecule has 0 unspecified atom stereocenters. The summed E-state index contributed by atoms with van der Waals surface area (Å²) in [5, 5.41) is 2.82. The number of hydrogen-bond acceptors (Lipinski definition) is 6. The van der Waals surface area contributed by atoms with Crippen molar-refractivity contribution in [2.24, 2.45) is 4.99 Å². The van der Waals surface area contributed by atoms with Crippen LogP contribution in [0.15, 0.2) is 23.2 Å². The van der Waals surface area contributed by atoms with Gasteiger partial charge in [-0.15, -0.1) is 0 Å².